The Morgan fingerprint density at radius 3 is 2.54 bits per heavy atom. The Morgan fingerprint density at radius 1 is 1.04 bits per heavy atom. The van der Waals surface area contributed by atoms with Gasteiger partial charge in [0.05, 0.1) is 12.3 Å². The molecule has 0 atom stereocenters. The fourth-order valence-electron chi connectivity index (χ4n) is 3.22. The summed E-state index contributed by atoms with van der Waals surface area (Å²) < 4.78 is 5.73. The van der Waals surface area contributed by atoms with E-state index >= 15 is 0 Å². The lowest BCUT2D eigenvalue weighted by Crippen LogP contribution is -2.50. The van der Waals surface area contributed by atoms with Crippen molar-refractivity contribution in [3.63, 3.8) is 0 Å². The van der Waals surface area contributed by atoms with Gasteiger partial charge in [-0.2, -0.15) is 0 Å². The summed E-state index contributed by atoms with van der Waals surface area (Å²) in [4.78, 5) is 16.7. The fourth-order valence-corrected chi connectivity index (χ4v) is 3.22. The van der Waals surface area contributed by atoms with Gasteiger partial charge in [0, 0.05) is 31.9 Å². The van der Waals surface area contributed by atoms with Crippen molar-refractivity contribution < 1.29 is 9.53 Å². The number of piperazine rings is 1. The number of amides is 2. The van der Waals surface area contributed by atoms with E-state index in [2.05, 4.69) is 29.3 Å². The van der Waals surface area contributed by atoms with Crippen molar-refractivity contribution in [2.24, 2.45) is 0 Å². The minimum atomic E-state index is -0.0315. The molecule has 26 heavy (non-hydrogen) atoms. The third-order valence-electron chi connectivity index (χ3n) is 4.66. The van der Waals surface area contributed by atoms with Crippen molar-refractivity contribution in [3.8, 4) is 5.75 Å². The molecule has 1 heterocycles. The monoisotopic (exact) mass is 353 g/mol. The minimum absolute atomic E-state index is 0.0315. The van der Waals surface area contributed by atoms with Gasteiger partial charge >= 0.3 is 6.03 Å². The number of anilines is 2. The number of aryl methyl sites for hydroxylation is 1. The maximum absolute atomic E-state index is 12.6. The van der Waals surface area contributed by atoms with Crippen molar-refractivity contribution in [1.82, 2.24) is 4.90 Å². The predicted molar refractivity (Wildman–Crippen MR) is 106 cm³/mol. The van der Waals surface area contributed by atoms with Gasteiger partial charge in [-0.25, -0.2) is 4.79 Å². The van der Waals surface area contributed by atoms with Crippen LogP contribution < -0.4 is 15.0 Å². The van der Waals surface area contributed by atoms with E-state index in [1.807, 2.05) is 48.2 Å². The zero-order valence-electron chi connectivity index (χ0n) is 15.6. The van der Waals surface area contributed by atoms with Crippen molar-refractivity contribution in [2.75, 3.05) is 43.0 Å². The van der Waals surface area contributed by atoms with Crippen LogP contribution in [0.1, 0.15) is 19.4 Å². The number of rotatable bonds is 5. The first kappa shape index (κ1) is 18.1. The zero-order chi connectivity index (χ0) is 18.4. The number of nitrogens with one attached hydrogen (secondary N) is 1. The van der Waals surface area contributed by atoms with E-state index in [0.717, 1.165) is 36.6 Å². The highest BCUT2D eigenvalue weighted by Crippen LogP contribution is 2.28. The summed E-state index contributed by atoms with van der Waals surface area (Å²) in [5.41, 5.74) is 3.18. The molecule has 0 bridgehead atoms. The number of carbonyl (C=O) groups excluding carboxylic acids is 1. The standard InChI is InChI=1S/C21H27N3O2/c1-3-17-8-7-9-18(16-17)22-21(25)24-14-12-23(13-15-24)19-10-5-6-11-20(19)26-4-2/h5-11,16H,3-4,12-15H2,1-2H3,(H,22,25). The van der Waals surface area contributed by atoms with Gasteiger partial charge in [0.2, 0.25) is 0 Å². The largest absolute Gasteiger partial charge is 0.492 e. The molecule has 0 spiro atoms. The van der Waals surface area contributed by atoms with Gasteiger partial charge in [-0.05, 0) is 43.2 Å². The summed E-state index contributed by atoms with van der Waals surface area (Å²) in [5, 5.41) is 3.02. The smallest absolute Gasteiger partial charge is 0.321 e. The summed E-state index contributed by atoms with van der Waals surface area (Å²) in [6.45, 7) is 7.74. The summed E-state index contributed by atoms with van der Waals surface area (Å²) in [6, 6.07) is 16.1. The Labute approximate surface area is 155 Å². The Hall–Kier alpha value is -2.69. The van der Waals surface area contributed by atoms with Crippen LogP contribution in [0.4, 0.5) is 16.2 Å². The highest BCUT2D eigenvalue weighted by atomic mass is 16.5. The average molecular weight is 353 g/mol. The molecule has 1 aliphatic rings. The molecule has 2 amide bonds. The van der Waals surface area contributed by atoms with Crippen LogP contribution in [0.3, 0.4) is 0 Å². The van der Waals surface area contributed by atoms with Gasteiger partial charge in [-0.3, -0.25) is 0 Å². The highest BCUT2D eigenvalue weighted by Gasteiger charge is 2.23. The first-order valence-electron chi connectivity index (χ1n) is 9.33. The van der Waals surface area contributed by atoms with E-state index in [-0.39, 0.29) is 6.03 Å². The van der Waals surface area contributed by atoms with Crippen LogP contribution in [0.2, 0.25) is 0 Å². The van der Waals surface area contributed by atoms with Gasteiger partial charge in [-0.15, -0.1) is 0 Å². The molecule has 1 saturated heterocycles. The van der Waals surface area contributed by atoms with Crippen molar-refractivity contribution in [3.05, 3.63) is 54.1 Å². The molecular formula is C21H27N3O2. The van der Waals surface area contributed by atoms with E-state index in [1.165, 1.54) is 5.56 Å². The van der Waals surface area contributed by atoms with E-state index in [4.69, 9.17) is 4.74 Å². The van der Waals surface area contributed by atoms with Crippen molar-refractivity contribution in [1.29, 1.82) is 0 Å². The Morgan fingerprint density at radius 2 is 1.81 bits per heavy atom. The lowest BCUT2D eigenvalue weighted by molar-refractivity contribution is 0.208. The number of ether oxygens (including phenoxy) is 1. The number of carbonyl (C=O) groups is 1. The second-order valence-electron chi connectivity index (χ2n) is 6.36. The van der Waals surface area contributed by atoms with E-state index in [1.54, 1.807) is 0 Å². The summed E-state index contributed by atoms with van der Waals surface area (Å²) in [6.07, 6.45) is 0.960. The third-order valence-corrected chi connectivity index (χ3v) is 4.66. The number of hydrogen-bond donors (Lipinski definition) is 1. The van der Waals surface area contributed by atoms with Crippen LogP contribution >= 0.6 is 0 Å². The first-order chi connectivity index (χ1) is 12.7. The topological polar surface area (TPSA) is 44.8 Å². The van der Waals surface area contributed by atoms with Gasteiger partial charge in [0.25, 0.3) is 0 Å². The maximum atomic E-state index is 12.6. The van der Waals surface area contributed by atoms with E-state index in [9.17, 15) is 4.79 Å². The lowest BCUT2D eigenvalue weighted by Gasteiger charge is -2.36. The molecule has 1 N–H and O–H groups in total. The minimum Gasteiger partial charge on any atom is -0.492 e. The molecule has 138 valence electrons. The molecule has 2 aromatic rings. The SMILES string of the molecule is CCOc1ccccc1N1CCN(C(=O)Nc2cccc(CC)c2)CC1. The van der Waals surface area contributed by atoms with Crippen molar-refractivity contribution >= 4 is 17.4 Å². The number of para-hydroxylation sites is 2. The molecule has 0 radical (unpaired) electrons. The van der Waals surface area contributed by atoms with Crippen LogP contribution in [0.25, 0.3) is 0 Å². The molecule has 5 nitrogen and oxygen atoms in total. The molecule has 1 aliphatic heterocycles. The Kier molecular flexibility index (Phi) is 6.00. The van der Waals surface area contributed by atoms with Crippen LogP contribution in [0, 0.1) is 0 Å². The van der Waals surface area contributed by atoms with Gasteiger partial charge in [0.15, 0.2) is 0 Å². The molecule has 1 fully saturated rings. The van der Waals surface area contributed by atoms with Crippen LogP contribution in [0.15, 0.2) is 48.5 Å². The molecule has 3 rings (SSSR count). The summed E-state index contributed by atoms with van der Waals surface area (Å²) in [5.74, 6) is 0.907. The number of urea groups is 1. The Bertz CT molecular complexity index is 740. The molecule has 2 aromatic carbocycles. The third kappa shape index (κ3) is 4.28. The molecule has 0 aromatic heterocycles. The average Bonchev–Trinajstić information content (AvgIpc) is 2.69. The molecule has 0 aliphatic carbocycles. The normalized spacial score (nSPS) is 14.2. The zero-order valence-corrected chi connectivity index (χ0v) is 15.6. The van der Waals surface area contributed by atoms with E-state index < -0.39 is 0 Å². The fraction of sp³-hybridized carbons (Fsp3) is 0.381. The molecule has 5 heteroatoms. The molecule has 0 unspecified atom stereocenters. The molecule has 0 saturated carbocycles. The summed E-state index contributed by atoms with van der Waals surface area (Å²) >= 11 is 0. The van der Waals surface area contributed by atoms with Crippen LogP contribution in [0.5, 0.6) is 5.75 Å². The van der Waals surface area contributed by atoms with Crippen LogP contribution in [-0.4, -0.2) is 43.7 Å². The van der Waals surface area contributed by atoms with Gasteiger partial charge in [-0.1, -0.05) is 31.2 Å². The lowest BCUT2D eigenvalue weighted by atomic mass is 10.1. The number of hydrogen-bond acceptors (Lipinski definition) is 3. The first-order valence-corrected chi connectivity index (χ1v) is 9.33. The predicted octanol–water partition coefficient (Wildman–Crippen LogP) is 4.00. The van der Waals surface area contributed by atoms with E-state index in [0.29, 0.717) is 19.7 Å². The number of nitrogens with zero attached hydrogens (tertiary/aromatic N) is 2. The summed E-state index contributed by atoms with van der Waals surface area (Å²) in [7, 11) is 0. The quantitative estimate of drug-likeness (QED) is 0.884. The van der Waals surface area contributed by atoms with Gasteiger partial charge in [0.1, 0.15) is 5.75 Å². The maximum Gasteiger partial charge on any atom is 0.321 e. The highest BCUT2D eigenvalue weighted by molar-refractivity contribution is 5.89. The van der Waals surface area contributed by atoms with Crippen LogP contribution in [-0.2, 0) is 6.42 Å². The second-order valence-corrected chi connectivity index (χ2v) is 6.36. The van der Waals surface area contributed by atoms with Gasteiger partial charge < -0.3 is 19.9 Å². The Balaban J connectivity index is 1.59. The second kappa shape index (κ2) is 8.61. The molecular weight excluding hydrogens is 326 g/mol. The number of benzene rings is 2. The van der Waals surface area contributed by atoms with Crippen molar-refractivity contribution in [2.45, 2.75) is 20.3 Å².